The number of guanidine groups is 1. The van der Waals surface area contributed by atoms with Gasteiger partial charge in [-0.25, -0.2) is 4.99 Å². The van der Waals surface area contributed by atoms with E-state index in [4.69, 9.17) is 0 Å². The van der Waals surface area contributed by atoms with Crippen molar-refractivity contribution in [3.05, 3.63) is 35.9 Å². The molecule has 1 aromatic rings. The van der Waals surface area contributed by atoms with Gasteiger partial charge >= 0.3 is 0 Å². The van der Waals surface area contributed by atoms with Gasteiger partial charge in [0.15, 0.2) is 5.96 Å². The number of amides is 1. The second kappa shape index (κ2) is 11.7. The van der Waals surface area contributed by atoms with E-state index < -0.39 is 0 Å². The van der Waals surface area contributed by atoms with Crippen molar-refractivity contribution >= 4 is 35.8 Å². The molecule has 2 heterocycles. The van der Waals surface area contributed by atoms with Crippen LogP contribution in [0.2, 0.25) is 0 Å². The molecule has 2 atom stereocenters. The molecule has 2 saturated heterocycles. The number of hydrogen-bond donors (Lipinski definition) is 1. The van der Waals surface area contributed by atoms with E-state index >= 15 is 0 Å². The molecule has 2 unspecified atom stereocenters. The van der Waals surface area contributed by atoms with E-state index in [1.165, 1.54) is 44.5 Å². The summed E-state index contributed by atoms with van der Waals surface area (Å²) < 4.78 is 0. The molecule has 0 radical (unpaired) electrons. The van der Waals surface area contributed by atoms with Gasteiger partial charge in [0.2, 0.25) is 5.91 Å². The van der Waals surface area contributed by atoms with Crippen molar-refractivity contribution in [2.45, 2.75) is 32.2 Å². The van der Waals surface area contributed by atoms with Crippen LogP contribution in [-0.4, -0.2) is 79.9 Å². The Bertz CT molecular complexity index is 660. The quantitative estimate of drug-likeness (QED) is 0.361. The molecule has 2 fully saturated rings. The average molecular weight is 513 g/mol. The van der Waals surface area contributed by atoms with Gasteiger partial charge in [0.05, 0.1) is 6.04 Å². The fraction of sp³-hybridized carbons (Fsp3) is 0.636. The Labute approximate surface area is 192 Å². The van der Waals surface area contributed by atoms with Crippen LogP contribution in [0.4, 0.5) is 0 Å². The van der Waals surface area contributed by atoms with Crippen LogP contribution in [0.3, 0.4) is 0 Å². The Morgan fingerprint density at radius 2 is 1.90 bits per heavy atom. The zero-order chi connectivity index (χ0) is 19.9. The van der Waals surface area contributed by atoms with E-state index in [9.17, 15) is 4.79 Å². The minimum absolute atomic E-state index is 0. The highest BCUT2D eigenvalue weighted by Crippen LogP contribution is 2.21. The Hall–Kier alpha value is -1.35. The van der Waals surface area contributed by atoms with Crippen molar-refractivity contribution in [1.82, 2.24) is 20.0 Å². The fourth-order valence-electron chi connectivity index (χ4n) is 4.04. The molecular formula is C22H36IN5O. The number of nitrogens with one attached hydrogen (secondary N) is 1. The molecule has 0 bridgehead atoms. The first kappa shape index (κ1) is 23.9. The highest BCUT2D eigenvalue weighted by Gasteiger charge is 2.28. The van der Waals surface area contributed by atoms with Gasteiger partial charge in [0.1, 0.15) is 6.54 Å². The molecule has 3 rings (SSSR count). The molecule has 0 saturated carbocycles. The normalized spacial score (nSPS) is 21.0. The Balaban J connectivity index is 0.00000300. The highest BCUT2D eigenvalue weighted by atomic mass is 127. The van der Waals surface area contributed by atoms with Gasteiger partial charge in [-0.15, -0.1) is 24.0 Å². The van der Waals surface area contributed by atoms with Crippen molar-refractivity contribution < 1.29 is 4.79 Å². The van der Waals surface area contributed by atoms with E-state index in [1.54, 1.807) is 19.0 Å². The predicted molar refractivity (Wildman–Crippen MR) is 130 cm³/mol. The van der Waals surface area contributed by atoms with E-state index in [-0.39, 0.29) is 42.5 Å². The number of carbonyl (C=O) groups excluding carboxylic acids is 1. The van der Waals surface area contributed by atoms with E-state index in [2.05, 4.69) is 51.3 Å². The average Bonchev–Trinajstić information content (AvgIpc) is 3.38. The van der Waals surface area contributed by atoms with Crippen LogP contribution in [0, 0.1) is 5.92 Å². The first-order chi connectivity index (χ1) is 13.5. The number of likely N-dealkylation sites (N-methyl/N-ethyl adjacent to an activating group) is 1. The minimum Gasteiger partial charge on any atom is -0.350 e. The third-order valence-corrected chi connectivity index (χ3v) is 5.81. The van der Waals surface area contributed by atoms with Gasteiger partial charge in [-0.3, -0.25) is 4.79 Å². The third-order valence-electron chi connectivity index (χ3n) is 5.81. The molecule has 6 nitrogen and oxygen atoms in total. The SMILES string of the molecule is CC(NC(=NCC(=O)N(C)C)N1CCC(CN2CCCC2)C1)c1ccccc1.I. The van der Waals surface area contributed by atoms with Crippen molar-refractivity contribution in [3.8, 4) is 0 Å². The topological polar surface area (TPSA) is 51.2 Å². The zero-order valence-electron chi connectivity index (χ0n) is 18.0. The summed E-state index contributed by atoms with van der Waals surface area (Å²) in [5.74, 6) is 1.57. The summed E-state index contributed by atoms with van der Waals surface area (Å²) in [5.41, 5.74) is 1.22. The van der Waals surface area contributed by atoms with Crippen molar-refractivity contribution in [1.29, 1.82) is 0 Å². The Morgan fingerprint density at radius 1 is 1.21 bits per heavy atom. The van der Waals surface area contributed by atoms with Crippen molar-refractivity contribution in [2.24, 2.45) is 10.9 Å². The summed E-state index contributed by atoms with van der Waals surface area (Å²) in [6.45, 7) is 8.04. The second-order valence-electron chi connectivity index (χ2n) is 8.31. The third kappa shape index (κ3) is 7.13. The standard InChI is InChI=1S/C22H35N5O.HI/c1-18(20-9-5-4-6-10-20)24-22(23-15-21(28)25(2)3)27-14-11-19(17-27)16-26-12-7-8-13-26;/h4-6,9-10,18-19H,7-8,11-17H2,1-3H3,(H,23,24);1H. The smallest absolute Gasteiger partial charge is 0.243 e. The molecule has 29 heavy (non-hydrogen) atoms. The number of hydrogen-bond acceptors (Lipinski definition) is 3. The number of nitrogens with zero attached hydrogens (tertiary/aromatic N) is 4. The summed E-state index contributed by atoms with van der Waals surface area (Å²) in [6.07, 6.45) is 3.87. The van der Waals surface area contributed by atoms with Gasteiger partial charge < -0.3 is 20.0 Å². The summed E-state index contributed by atoms with van der Waals surface area (Å²) in [6, 6.07) is 10.5. The molecule has 0 aromatic heterocycles. The number of carbonyl (C=O) groups is 1. The summed E-state index contributed by atoms with van der Waals surface area (Å²) in [5, 5.41) is 3.58. The van der Waals surface area contributed by atoms with Crippen LogP contribution in [-0.2, 0) is 4.79 Å². The number of likely N-dealkylation sites (tertiary alicyclic amines) is 2. The summed E-state index contributed by atoms with van der Waals surface area (Å²) in [4.78, 5) is 23.3. The molecule has 2 aliphatic rings. The van der Waals surface area contributed by atoms with Crippen LogP contribution in [0.25, 0.3) is 0 Å². The second-order valence-corrected chi connectivity index (χ2v) is 8.31. The molecule has 7 heteroatoms. The number of rotatable bonds is 6. The van der Waals surface area contributed by atoms with Gasteiger partial charge in [0, 0.05) is 33.7 Å². The molecule has 2 aliphatic heterocycles. The monoisotopic (exact) mass is 513 g/mol. The number of aliphatic imine (C=N–C) groups is 1. The largest absolute Gasteiger partial charge is 0.350 e. The Morgan fingerprint density at radius 3 is 2.55 bits per heavy atom. The van der Waals surface area contributed by atoms with E-state index in [0.29, 0.717) is 5.92 Å². The lowest BCUT2D eigenvalue weighted by Gasteiger charge is -2.26. The lowest BCUT2D eigenvalue weighted by Crippen LogP contribution is -2.42. The van der Waals surface area contributed by atoms with Crippen LogP contribution in [0.1, 0.15) is 37.8 Å². The molecular weight excluding hydrogens is 477 g/mol. The fourth-order valence-corrected chi connectivity index (χ4v) is 4.04. The van der Waals surface area contributed by atoms with Crippen molar-refractivity contribution in [2.75, 3.05) is 53.4 Å². The first-order valence-corrected chi connectivity index (χ1v) is 10.6. The highest BCUT2D eigenvalue weighted by molar-refractivity contribution is 14.0. The molecule has 162 valence electrons. The lowest BCUT2D eigenvalue weighted by molar-refractivity contribution is -0.127. The van der Waals surface area contributed by atoms with Gasteiger partial charge in [-0.05, 0) is 50.8 Å². The van der Waals surface area contributed by atoms with Gasteiger partial charge in [0.25, 0.3) is 0 Å². The molecule has 1 amide bonds. The zero-order valence-corrected chi connectivity index (χ0v) is 20.3. The van der Waals surface area contributed by atoms with Crippen molar-refractivity contribution in [3.63, 3.8) is 0 Å². The van der Waals surface area contributed by atoms with Crippen LogP contribution in [0.15, 0.2) is 35.3 Å². The number of benzene rings is 1. The molecule has 0 aliphatic carbocycles. The molecule has 0 spiro atoms. The Kier molecular flexibility index (Phi) is 9.68. The minimum atomic E-state index is 0. The van der Waals surface area contributed by atoms with Gasteiger partial charge in [-0.2, -0.15) is 0 Å². The number of halogens is 1. The van der Waals surface area contributed by atoms with E-state index in [1.807, 2.05) is 6.07 Å². The summed E-state index contributed by atoms with van der Waals surface area (Å²) in [7, 11) is 3.55. The lowest BCUT2D eigenvalue weighted by atomic mass is 10.1. The maximum atomic E-state index is 12.1. The van der Waals surface area contributed by atoms with E-state index in [0.717, 1.165) is 19.0 Å². The first-order valence-electron chi connectivity index (χ1n) is 10.6. The maximum Gasteiger partial charge on any atom is 0.243 e. The molecule has 1 aromatic carbocycles. The molecule has 1 N–H and O–H groups in total. The summed E-state index contributed by atoms with van der Waals surface area (Å²) >= 11 is 0. The van der Waals surface area contributed by atoms with Gasteiger partial charge in [-0.1, -0.05) is 30.3 Å². The predicted octanol–water partition coefficient (Wildman–Crippen LogP) is 2.82. The van der Waals surface area contributed by atoms with Crippen LogP contribution in [0.5, 0.6) is 0 Å². The maximum absolute atomic E-state index is 12.1. The van der Waals surface area contributed by atoms with Crippen LogP contribution < -0.4 is 5.32 Å². The van der Waals surface area contributed by atoms with Crippen LogP contribution >= 0.6 is 24.0 Å².